The fraction of sp³-hybridized carbons (Fsp3) is 0.294. The summed E-state index contributed by atoms with van der Waals surface area (Å²) in [7, 11) is 1.50. The van der Waals surface area contributed by atoms with E-state index in [-0.39, 0.29) is 23.8 Å². The molecule has 7 heteroatoms. The number of nitrogens with zero attached hydrogens (tertiary/aromatic N) is 1. The summed E-state index contributed by atoms with van der Waals surface area (Å²) >= 11 is 5.93. The highest BCUT2D eigenvalue weighted by atomic mass is 35.5. The number of aromatic nitrogens is 1. The van der Waals surface area contributed by atoms with Gasteiger partial charge in [0.25, 0.3) is 5.56 Å². The van der Waals surface area contributed by atoms with E-state index in [1.54, 1.807) is 30.3 Å². The first-order valence-electron chi connectivity index (χ1n) is 7.50. The van der Waals surface area contributed by atoms with Crippen LogP contribution in [0.15, 0.2) is 41.3 Å². The standard InChI is InChI=1S/C17H19ClN2O4/c1-3-9-24-15-5-4-8-20(17(15)22)11-16(21)19-13-10-12(18)6-7-14(13)23-2/h4-8,10H,3,9,11H2,1-2H3,(H,19,21). The minimum absolute atomic E-state index is 0.141. The van der Waals surface area contributed by atoms with Gasteiger partial charge in [-0.3, -0.25) is 9.59 Å². The SMILES string of the molecule is CCCOc1cccn(CC(=O)Nc2cc(Cl)ccc2OC)c1=O. The van der Waals surface area contributed by atoms with Crippen molar-refractivity contribution in [2.45, 2.75) is 19.9 Å². The minimum atomic E-state index is -0.370. The summed E-state index contributed by atoms with van der Waals surface area (Å²) in [5.41, 5.74) is 0.0978. The molecule has 0 radical (unpaired) electrons. The summed E-state index contributed by atoms with van der Waals surface area (Å²) < 4.78 is 11.8. The molecule has 0 saturated carbocycles. The van der Waals surface area contributed by atoms with Gasteiger partial charge in [-0.05, 0) is 36.8 Å². The predicted octanol–water partition coefficient (Wildman–Crippen LogP) is 2.94. The molecule has 1 N–H and O–H groups in total. The Kier molecular flexibility index (Phi) is 6.26. The van der Waals surface area contributed by atoms with Gasteiger partial charge in [0.2, 0.25) is 5.91 Å². The number of nitrogens with one attached hydrogen (secondary N) is 1. The molecule has 0 fully saturated rings. The molecule has 24 heavy (non-hydrogen) atoms. The van der Waals surface area contributed by atoms with Crippen LogP contribution >= 0.6 is 11.6 Å². The Hall–Kier alpha value is -2.47. The molecule has 0 atom stereocenters. The molecule has 1 aromatic heterocycles. The van der Waals surface area contributed by atoms with E-state index >= 15 is 0 Å². The third kappa shape index (κ3) is 4.52. The summed E-state index contributed by atoms with van der Waals surface area (Å²) in [4.78, 5) is 24.5. The highest BCUT2D eigenvalue weighted by molar-refractivity contribution is 6.31. The van der Waals surface area contributed by atoms with Crippen molar-refractivity contribution in [3.63, 3.8) is 0 Å². The van der Waals surface area contributed by atoms with E-state index in [4.69, 9.17) is 21.1 Å². The van der Waals surface area contributed by atoms with Crippen LogP contribution in [0.1, 0.15) is 13.3 Å². The number of rotatable bonds is 7. The first-order chi connectivity index (χ1) is 11.5. The first kappa shape index (κ1) is 17.9. The maximum Gasteiger partial charge on any atom is 0.293 e. The Balaban J connectivity index is 2.13. The Morgan fingerprint density at radius 3 is 2.79 bits per heavy atom. The van der Waals surface area contributed by atoms with E-state index in [2.05, 4.69) is 5.32 Å². The minimum Gasteiger partial charge on any atom is -0.495 e. The van der Waals surface area contributed by atoms with Gasteiger partial charge >= 0.3 is 0 Å². The molecule has 0 aliphatic rings. The third-order valence-corrected chi connectivity index (χ3v) is 3.43. The predicted molar refractivity (Wildman–Crippen MR) is 93.1 cm³/mol. The smallest absolute Gasteiger partial charge is 0.293 e. The van der Waals surface area contributed by atoms with Crippen LogP contribution in [0.25, 0.3) is 0 Å². The van der Waals surface area contributed by atoms with Crippen molar-refractivity contribution in [2.24, 2.45) is 0 Å². The molecular formula is C17H19ClN2O4. The molecule has 2 aromatic rings. The number of carbonyl (C=O) groups is 1. The van der Waals surface area contributed by atoms with Gasteiger partial charge in [-0.25, -0.2) is 0 Å². The van der Waals surface area contributed by atoms with Crippen LogP contribution in [0.5, 0.6) is 11.5 Å². The van der Waals surface area contributed by atoms with Crippen LogP contribution in [-0.2, 0) is 11.3 Å². The van der Waals surface area contributed by atoms with Gasteiger partial charge in [-0.2, -0.15) is 0 Å². The van der Waals surface area contributed by atoms with Gasteiger partial charge < -0.3 is 19.4 Å². The molecule has 1 aromatic carbocycles. The normalized spacial score (nSPS) is 10.3. The molecule has 0 unspecified atom stereocenters. The van der Waals surface area contributed by atoms with Crippen molar-refractivity contribution in [3.8, 4) is 11.5 Å². The van der Waals surface area contributed by atoms with Gasteiger partial charge in [0.1, 0.15) is 12.3 Å². The summed E-state index contributed by atoms with van der Waals surface area (Å²) in [6.45, 7) is 2.26. The van der Waals surface area contributed by atoms with E-state index in [1.165, 1.54) is 17.9 Å². The number of amides is 1. The molecule has 0 spiro atoms. The summed E-state index contributed by atoms with van der Waals surface area (Å²) in [5.74, 6) is 0.345. The lowest BCUT2D eigenvalue weighted by Gasteiger charge is -2.12. The second-order valence-electron chi connectivity index (χ2n) is 5.05. The molecule has 0 aliphatic carbocycles. The van der Waals surface area contributed by atoms with Gasteiger partial charge in [0, 0.05) is 11.2 Å². The first-order valence-corrected chi connectivity index (χ1v) is 7.88. The van der Waals surface area contributed by atoms with Gasteiger partial charge in [-0.1, -0.05) is 18.5 Å². The van der Waals surface area contributed by atoms with Crippen LogP contribution in [0.3, 0.4) is 0 Å². The molecular weight excluding hydrogens is 332 g/mol. The average Bonchev–Trinajstić information content (AvgIpc) is 2.56. The Morgan fingerprint density at radius 2 is 2.08 bits per heavy atom. The maximum atomic E-state index is 12.3. The van der Waals surface area contributed by atoms with E-state index in [0.717, 1.165) is 6.42 Å². The van der Waals surface area contributed by atoms with E-state index in [9.17, 15) is 9.59 Å². The molecule has 0 aliphatic heterocycles. The number of hydrogen-bond acceptors (Lipinski definition) is 4. The van der Waals surface area contributed by atoms with E-state index in [1.807, 2.05) is 6.92 Å². The zero-order valence-electron chi connectivity index (χ0n) is 13.5. The van der Waals surface area contributed by atoms with Gasteiger partial charge in [-0.15, -0.1) is 0 Å². The molecule has 0 saturated heterocycles. The number of carbonyl (C=O) groups excluding carboxylic acids is 1. The van der Waals surface area contributed by atoms with Crippen LogP contribution in [0.4, 0.5) is 5.69 Å². The topological polar surface area (TPSA) is 69.6 Å². The number of anilines is 1. The third-order valence-electron chi connectivity index (χ3n) is 3.20. The lowest BCUT2D eigenvalue weighted by atomic mass is 10.3. The Morgan fingerprint density at radius 1 is 1.29 bits per heavy atom. The Bertz CT molecular complexity index is 773. The number of hydrogen-bond donors (Lipinski definition) is 1. The number of ether oxygens (including phenoxy) is 2. The largest absolute Gasteiger partial charge is 0.495 e. The quantitative estimate of drug-likeness (QED) is 0.833. The molecule has 1 amide bonds. The fourth-order valence-electron chi connectivity index (χ4n) is 2.08. The maximum absolute atomic E-state index is 12.3. The van der Waals surface area contributed by atoms with Gasteiger partial charge in [0.05, 0.1) is 19.4 Å². The van der Waals surface area contributed by atoms with E-state index in [0.29, 0.717) is 23.1 Å². The number of pyridine rings is 1. The van der Waals surface area contributed by atoms with Crippen molar-refractivity contribution >= 4 is 23.2 Å². The van der Waals surface area contributed by atoms with Crippen LogP contribution in [0, 0.1) is 0 Å². The summed E-state index contributed by atoms with van der Waals surface area (Å²) in [5, 5.41) is 3.16. The van der Waals surface area contributed by atoms with Crippen molar-refractivity contribution in [1.29, 1.82) is 0 Å². The van der Waals surface area contributed by atoms with E-state index < -0.39 is 0 Å². The van der Waals surface area contributed by atoms with Crippen molar-refractivity contribution in [1.82, 2.24) is 4.57 Å². The molecule has 0 bridgehead atoms. The highest BCUT2D eigenvalue weighted by Crippen LogP contribution is 2.27. The zero-order valence-corrected chi connectivity index (χ0v) is 14.3. The number of methoxy groups -OCH3 is 1. The van der Waals surface area contributed by atoms with Crippen LogP contribution in [-0.4, -0.2) is 24.2 Å². The summed E-state index contributed by atoms with van der Waals surface area (Å²) in [6, 6.07) is 8.16. The van der Waals surface area contributed by atoms with Crippen LogP contribution < -0.4 is 20.3 Å². The average molecular weight is 351 g/mol. The second-order valence-corrected chi connectivity index (χ2v) is 5.48. The number of benzene rings is 1. The Labute approximate surface area is 145 Å². The fourth-order valence-corrected chi connectivity index (χ4v) is 2.26. The molecule has 6 nitrogen and oxygen atoms in total. The molecule has 1 heterocycles. The monoisotopic (exact) mass is 350 g/mol. The van der Waals surface area contributed by atoms with Crippen molar-refractivity contribution in [3.05, 3.63) is 51.9 Å². The van der Waals surface area contributed by atoms with Crippen molar-refractivity contribution < 1.29 is 14.3 Å². The molecule has 128 valence electrons. The highest BCUT2D eigenvalue weighted by Gasteiger charge is 2.11. The lowest BCUT2D eigenvalue weighted by Crippen LogP contribution is -2.28. The van der Waals surface area contributed by atoms with Crippen molar-refractivity contribution in [2.75, 3.05) is 19.0 Å². The zero-order chi connectivity index (χ0) is 17.5. The van der Waals surface area contributed by atoms with Crippen LogP contribution in [0.2, 0.25) is 5.02 Å². The number of halogens is 1. The second kappa shape index (κ2) is 8.40. The molecule has 2 rings (SSSR count). The van der Waals surface area contributed by atoms with Gasteiger partial charge in [0.15, 0.2) is 5.75 Å². The summed E-state index contributed by atoms with van der Waals surface area (Å²) in [6.07, 6.45) is 2.33. The lowest BCUT2D eigenvalue weighted by molar-refractivity contribution is -0.116.